The molecule has 174 valence electrons. The van der Waals surface area contributed by atoms with Crippen LogP contribution in [0, 0.1) is 13.8 Å². The Balaban J connectivity index is 1.62. The molecule has 1 aromatic heterocycles. The zero-order chi connectivity index (χ0) is 23.4. The Labute approximate surface area is 197 Å². The van der Waals surface area contributed by atoms with Crippen LogP contribution >= 0.6 is 0 Å². The summed E-state index contributed by atoms with van der Waals surface area (Å²) in [5, 5.41) is 0. The van der Waals surface area contributed by atoms with Crippen LogP contribution in [-0.4, -0.2) is 48.9 Å². The van der Waals surface area contributed by atoms with E-state index in [2.05, 4.69) is 43.0 Å². The Kier molecular flexibility index (Phi) is 7.10. The molecule has 4 rings (SSSR count). The van der Waals surface area contributed by atoms with E-state index in [-0.39, 0.29) is 0 Å². The largest absolute Gasteiger partial charge is 0.355 e. The SMILES string of the molecule is CCc1nc(C)nc(N2CCCN(S(=O)(=O)c3ccccc3)CC2)c1Cc1ccc(C)cc1. The van der Waals surface area contributed by atoms with Gasteiger partial charge in [-0.2, -0.15) is 4.31 Å². The van der Waals surface area contributed by atoms with Crippen molar-refractivity contribution in [2.45, 2.75) is 44.9 Å². The molecule has 0 saturated carbocycles. The van der Waals surface area contributed by atoms with Crippen LogP contribution in [0.4, 0.5) is 5.82 Å². The highest BCUT2D eigenvalue weighted by atomic mass is 32.2. The Bertz CT molecular complexity index is 1190. The van der Waals surface area contributed by atoms with E-state index in [0.29, 0.717) is 24.5 Å². The van der Waals surface area contributed by atoms with Gasteiger partial charge < -0.3 is 4.90 Å². The Morgan fingerprint density at radius 1 is 0.879 bits per heavy atom. The van der Waals surface area contributed by atoms with Crippen LogP contribution in [0.2, 0.25) is 0 Å². The van der Waals surface area contributed by atoms with Gasteiger partial charge in [0, 0.05) is 43.9 Å². The van der Waals surface area contributed by atoms with Gasteiger partial charge in [0.25, 0.3) is 0 Å². The maximum absolute atomic E-state index is 13.2. The number of rotatable bonds is 6. The highest BCUT2D eigenvalue weighted by Crippen LogP contribution is 2.27. The second kappa shape index (κ2) is 10.0. The highest BCUT2D eigenvalue weighted by molar-refractivity contribution is 7.89. The van der Waals surface area contributed by atoms with Crippen molar-refractivity contribution in [1.29, 1.82) is 0 Å². The molecule has 1 aliphatic rings. The number of benzene rings is 2. The number of hydrogen-bond acceptors (Lipinski definition) is 5. The number of aromatic nitrogens is 2. The quantitative estimate of drug-likeness (QED) is 0.548. The number of nitrogens with zero attached hydrogens (tertiary/aromatic N) is 4. The molecular formula is C26H32N4O2S. The van der Waals surface area contributed by atoms with Crippen molar-refractivity contribution < 1.29 is 8.42 Å². The van der Waals surface area contributed by atoms with Gasteiger partial charge in [-0.15, -0.1) is 0 Å². The second-order valence-corrected chi connectivity index (χ2v) is 10.5. The summed E-state index contributed by atoms with van der Waals surface area (Å²) in [4.78, 5) is 12.2. The van der Waals surface area contributed by atoms with Crippen LogP contribution in [0.1, 0.15) is 41.6 Å². The molecule has 0 aliphatic carbocycles. The van der Waals surface area contributed by atoms with Gasteiger partial charge in [0.1, 0.15) is 11.6 Å². The van der Waals surface area contributed by atoms with E-state index in [1.165, 1.54) is 11.1 Å². The van der Waals surface area contributed by atoms with E-state index in [1.807, 2.05) is 13.0 Å². The van der Waals surface area contributed by atoms with Gasteiger partial charge in [0.05, 0.1) is 4.90 Å². The Morgan fingerprint density at radius 2 is 1.61 bits per heavy atom. The summed E-state index contributed by atoms with van der Waals surface area (Å²) in [6.07, 6.45) is 2.35. The molecule has 1 fully saturated rings. The maximum atomic E-state index is 13.2. The molecule has 0 unspecified atom stereocenters. The highest BCUT2D eigenvalue weighted by Gasteiger charge is 2.28. The lowest BCUT2D eigenvalue weighted by molar-refractivity contribution is 0.433. The smallest absolute Gasteiger partial charge is 0.243 e. The minimum Gasteiger partial charge on any atom is -0.355 e. The van der Waals surface area contributed by atoms with E-state index >= 15 is 0 Å². The number of aryl methyl sites for hydroxylation is 3. The summed E-state index contributed by atoms with van der Waals surface area (Å²) in [7, 11) is -3.50. The van der Waals surface area contributed by atoms with Gasteiger partial charge in [0.2, 0.25) is 10.0 Å². The van der Waals surface area contributed by atoms with Gasteiger partial charge in [-0.25, -0.2) is 18.4 Å². The van der Waals surface area contributed by atoms with Crippen molar-refractivity contribution >= 4 is 15.8 Å². The topological polar surface area (TPSA) is 66.4 Å². The molecule has 0 bridgehead atoms. The fourth-order valence-corrected chi connectivity index (χ4v) is 5.86. The molecule has 0 atom stereocenters. The summed E-state index contributed by atoms with van der Waals surface area (Å²) < 4.78 is 27.9. The van der Waals surface area contributed by atoms with Crippen LogP contribution < -0.4 is 4.90 Å². The molecule has 0 amide bonds. The van der Waals surface area contributed by atoms with E-state index in [1.54, 1.807) is 28.6 Å². The summed E-state index contributed by atoms with van der Waals surface area (Å²) in [5.74, 6) is 1.70. The molecule has 3 aromatic rings. The van der Waals surface area contributed by atoms with Gasteiger partial charge >= 0.3 is 0 Å². The number of anilines is 1. The molecule has 1 aliphatic heterocycles. The van der Waals surface area contributed by atoms with Crippen LogP contribution in [0.25, 0.3) is 0 Å². The first-order chi connectivity index (χ1) is 15.9. The molecule has 2 aromatic carbocycles. The van der Waals surface area contributed by atoms with Crippen molar-refractivity contribution in [2.24, 2.45) is 0 Å². The fourth-order valence-electron chi connectivity index (χ4n) is 4.37. The van der Waals surface area contributed by atoms with Crippen LogP contribution in [0.15, 0.2) is 59.5 Å². The first-order valence-electron chi connectivity index (χ1n) is 11.6. The lowest BCUT2D eigenvalue weighted by Crippen LogP contribution is -2.35. The predicted octanol–water partition coefficient (Wildman–Crippen LogP) is 4.15. The number of sulfonamides is 1. The lowest BCUT2D eigenvalue weighted by atomic mass is 10.0. The average Bonchev–Trinajstić information content (AvgIpc) is 3.08. The Morgan fingerprint density at radius 3 is 2.30 bits per heavy atom. The molecule has 6 nitrogen and oxygen atoms in total. The van der Waals surface area contributed by atoms with Crippen molar-refractivity contribution in [1.82, 2.24) is 14.3 Å². The third-order valence-electron chi connectivity index (χ3n) is 6.15. The standard InChI is InChI=1S/C26H32N4O2S/c1-4-25-24(19-22-13-11-20(2)12-14-22)26(28-21(3)27-25)29-15-8-16-30(18-17-29)33(31,32)23-9-6-5-7-10-23/h5-7,9-14H,4,8,15-19H2,1-3H3. The molecule has 0 N–H and O–H groups in total. The molecule has 33 heavy (non-hydrogen) atoms. The van der Waals surface area contributed by atoms with Crippen LogP contribution in [-0.2, 0) is 22.9 Å². The molecular weight excluding hydrogens is 432 g/mol. The zero-order valence-corrected chi connectivity index (χ0v) is 20.5. The van der Waals surface area contributed by atoms with E-state index in [0.717, 1.165) is 48.7 Å². The minimum absolute atomic E-state index is 0.352. The van der Waals surface area contributed by atoms with Crippen molar-refractivity contribution in [2.75, 3.05) is 31.1 Å². The molecule has 7 heteroatoms. The summed E-state index contributed by atoms with van der Waals surface area (Å²) in [5.41, 5.74) is 4.68. The summed E-state index contributed by atoms with van der Waals surface area (Å²) in [6, 6.07) is 17.3. The summed E-state index contributed by atoms with van der Waals surface area (Å²) in [6.45, 7) is 8.46. The van der Waals surface area contributed by atoms with Crippen LogP contribution in [0.3, 0.4) is 0 Å². The first-order valence-corrected chi connectivity index (χ1v) is 13.0. The van der Waals surface area contributed by atoms with E-state index in [4.69, 9.17) is 9.97 Å². The third-order valence-corrected chi connectivity index (χ3v) is 8.07. The Hall–Kier alpha value is -2.77. The van der Waals surface area contributed by atoms with E-state index in [9.17, 15) is 8.42 Å². The van der Waals surface area contributed by atoms with Crippen molar-refractivity contribution in [3.05, 3.63) is 82.8 Å². The fraction of sp³-hybridized carbons (Fsp3) is 0.385. The van der Waals surface area contributed by atoms with Crippen LogP contribution in [0.5, 0.6) is 0 Å². The molecule has 0 spiro atoms. The zero-order valence-electron chi connectivity index (χ0n) is 19.7. The van der Waals surface area contributed by atoms with Gasteiger partial charge in [-0.1, -0.05) is 55.0 Å². The van der Waals surface area contributed by atoms with Gasteiger partial charge in [0.15, 0.2) is 0 Å². The third kappa shape index (κ3) is 5.25. The molecule has 0 radical (unpaired) electrons. The monoisotopic (exact) mass is 464 g/mol. The second-order valence-electron chi connectivity index (χ2n) is 8.59. The average molecular weight is 465 g/mol. The number of hydrogen-bond donors (Lipinski definition) is 0. The lowest BCUT2D eigenvalue weighted by Gasteiger charge is -2.26. The first kappa shape index (κ1) is 23.4. The molecule has 2 heterocycles. The van der Waals surface area contributed by atoms with Crippen molar-refractivity contribution in [3.8, 4) is 0 Å². The van der Waals surface area contributed by atoms with Crippen molar-refractivity contribution in [3.63, 3.8) is 0 Å². The summed E-state index contributed by atoms with van der Waals surface area (Å²) >= 11 is 0. The minimum atomic E-state index is -3.50. The van der Waals surface area contributed by atoms with E-state index < -0.39 is 10.0 Å². The maximum Gasteiger partial charge on any atom is 0.243 e. The normalized spacial score (nSPS) is 15.4. The van der Waals surface area contributed by atoms with Gasteiger partial charge in [-0.3, -0.25) is 0 Å². The van der Waals surface area contributed by atoms with Gasteiger partial charge in [-0.05, 0) is 44.4 Å². The molecule has 1 saturated heterocycles. The predicted molar refractivity (Wildman–Crippen MR) is 132 cm³/mol.